The molecular weight excluding hydrogens is 150 g/mol. The number of hydrogen-bond acceptors (Lipinski definition) is 2. The fourth-order valence-corrected chi connectivity index (χ4v) is 1.73. The molecule has 0 spiro atoms. The molecule has 0 amide bonds. The summed E-state index contributed by atoms with van der Waals surface area (Å²) in [6.45, 7) is 0. The van der Waals surface area contributed by atoms with Crippen molar-refractivity contribution in [3.05, 3.63) is 34.9 Å². The van der Waals surface area contributed by atoms with Crippen LogP contribution in [0.15, 0.2) is 18.2 Å². The molecule has 2 rings (SSSR count). The Hall–Kier alpha value is -1.33. The molecule has 1 atom stereocenters. The largest absolute Gasteiger partial charge is 0.392 e. The molecule has 0 aliphatic heterocycles. The first-order valence-corrected chi connectivity index (χ1v) is 4.00. The van der Waals surface area contributed by atoms with E-state index in [4.69, 9.17) is 5.26 Å². The maximum atomic E-state index is 9.36. The van der Waals surface area contributed by atoms with E-state index in [1.165, 1.54) is 0 Å². The van der Waals surface area contributed by atoms with Crippen LogP contribution in [0.5, 0.6) is 0 Å². The number of benzene rings is 1. The zero-order valence-electron chi connectivity index (χ0n) is 6.62. The first kappa shape index (κ1) is 7.33. The molecule has 60 valence electrons. The Balaban J connectivity index is 2.53. The highest BCUT2D eigenvalue weighted by Gasteiger charge is 2.21. The molecule has 1 aromatic rings. The molecule has 0 radical (unpaired) electrons. The molecule has 1 unspecified atom stereocenters. The highest BCUT2D eigenvalue weighted by molar-refractivity contribution is 5.45. The molecule has 0 saturated carbocycles. The van der Waals surface area contributed by atoms with Gasteiger partial charge in [0.25, 0.3) is 0 Å². The van der Waals surface area contributed by atoms with Crippen molar-refractivity contribution in [2.75, 3.05) is 0 Å². The summed E-state index contributed by atoms with van der Waals surface area (Å²) in [6.07, 6.45) is 1.05. The molecule has 0 fully saturated rings. The summed E-state index contributed by atoms with van der Waals surface area (Å²) in [5.74, 6) is 0. The Labute approximate surface area is 71.1 Å². The molecule has 0 aromatic heterocycles. The average Bonchev–Trinajstić information content (AvgIpc) is 2.44. The second-order valence-electron chi connectivity index (χ2n) is 3.12. The van der Waals surface area contributed by atoms with Crippen LogP contribution < -0.4 is 0 Å². The van der Waals surface area contributed by atoms with Crippen LogP contribution in [0.3, 0.4) is 0 Å². The van der Waals surface area contributed by atoms with E-state index in [2.05, 4.69) is 6.07 Å². The molecule has 1 aliphatic rings. The van der Waals surface area contributed by atoms with Crippen molar-refractivity contribution in [2.24, 2.45) is 0 Å². The van der Waals surface area contributed by atoms with Gasteiger partial charge in [-0.15, -0.1) is 0 Å². The molecule has 2 nitrogen and oxygen atoms in total. The predicted octanol–water partition coefficient (Wildman–Crippen LogP) is 1.02. The fraction of sp³-hybridized carbons (Fsp3) is 0.300. The van der Waals surface area contributed by atoms with Gasteiger partial charge in [-0.3, -0.25) is 0 Å². The second-order valence-corrected chi connectivity index (χ2v) is 3.12. The zero-order chi connectivity index (χ0) is 8.55. The van der Waals surface area contributed by atoms with Gasteiger partial charge in [0.05, 0.1) is 17.7 Å². The van der Waals surface area contributed by atoms with Crippen molar-refractivity contribution in [3.8, 4) is 6.07 Å². The van der Waals surface area contributed by atoms with E-state index < -0.39 is 0 Å². The lowest BCUT2D eigenvalue weighted by molar-refractivity contribution is 0.187. The topological polar surface area (TPSA) is 44.0 Å². The van der Waals surface area contributed by atoms with Crippen LogP contribution >= 0.6 is 0 Å². The Morgan fingerprint density at radius 1 is 1.42 bits per heavy atom. The molecule has 0 heterocycles. The van der Waals surface area contributed by atoms with Crippen molar-refractivity contribution >= 4 is 0 Å². The number of fused-ring (bicyclic) bond motifs is 1. The van der Waals surface area contributed by atoms with Gasteiger partial charge in [0.1, 0.15) is 0 Å². The highest BCUT2D eigenvalue weighted by Crippen LogP contribution is 2.24. The van der Waals surface area contributed by atoms with E-state index in [1.54, 1.807) is 6.07 Å². The van der Waals surface area contributed by atoms with Crippen molar-refractivity contribution in [1.82, 2.24) is 0 Å². The molecular formula is C10H9NO. The van der Waals surface area contributed by atoms with Gasteiger partial charge in [-0.1, -0.05) is 12.1 Å². The van der Waals surface area contributed by atoms with Crippen LogP contribution in [0, 0.1) is 11.3 Å². The Morgan fingerprint density at radius 2 is 2.25 bits per heavy atom. The van der Waals surface area contributed by atoms with Crippen molar-refractivity contribution in [1.29, 1.82) is 5.26 Å². The van der Waals surface area contributed by atoms with E-state index in [-0.39, 0.29) is 6.10 Å². The monoisotopic (exact) mass is 159 g/mol. The predicted molar refractivity (Wildman–Crippen MR) is 44.6 cm³/mol. The van der Waals surface area contributed by atoms with Crippen LogP contribution in [-0.2, 0) is 12.8 Å². The Bertz CT molecular complexity index is 351. The number of nitrogens with zero attached hydrogens (tertiary/aromatic N) is 1. The number of aliphatic hydroxyl groups excluding tert-OH is 1. The minimum Gasteiger partial charge on any atom is -0.392 e. The Kier molecular flexibility index (Phi) is 1.60. The minimum absolute atomic E-state index is 0.283. The van der Waals surface area contributed by atoms with Gasteiger partial charge in [-0.05, 0) is 23.6 Å². The van der Waals surface area contributed by atoms with Crippen LogP contribution in [-0.4, -0.2) is 11.2 Å². The average molecular weight is 159 g/mol. The lowest BCUT2D eigenvalue weighted by Crippen LogP contribution is -2.03. The number of rotatable bonds is 0. The number of nitriles is 1. The molecule has 0 saturated heterocycles. The summed E-state index contributed by atoms with van der Waals surface area (Å²) in [7, 11) is 0. The van der Waals surface area contributed by atoms with Gasteiger partial charge < -0.3 is 5.11 Å². The molecule has 12 heavy (non-hydrogen) atoms. The normalized spacial score (nSPS) is 20.2. The summed E-state index contributed by atoms with van der Waals surface area (Å²) >= 11 is 0. The lowest BCUT2D eigenvalue weighted by atomic mass is 10.0. The van der Waals surface area contributed by atoms with Crippen LogP contribution in [0.2, 0.25) is 0 Å². The van der Waals surface area contributed by atoms with E-state index in [0.29, 0.717) is 18.4 Å². The summed E-state index contributed by atoms with van der Waals surface area (Å²) in [5.41, 5.74) is 2.87. The quantitative estimate of drug-likeness (QED) is 0.614. The molecule has 0 bridgehead atoms. The summed E-state index contributed by atoms with van der Waals surface area (Å²) in [4.78, 5) is 0. The van der Waals surface area contributed by atoms with E-state index in [9.17, 15) is 5.11 Å². The van der Waals surface area contributed by atoms with Gasteiger partial charge >= 0.3 is 0 Å². The maximum absolute atomic E-state index is 9.36. The molecule has 1 aromatic carbocycles. The van der Waals surface area contributed by atoms with Crippen molar-refractivity contribution in [2.45, 2.75) is 18.9 Å². The maximum Gasteiger partial charge on any atom is 0.0994 e. The zero-order valence-corrected chi connectivity index (χ0v) is 6.62. The van der Waals surface area contributed by atoms with Crippen LogP contribution in [0.4, 0.5) is 0 Å². The standard InChI is InChI=1S/C10H9NO/c11-6-8-3-1-2-7-4-9(12)5-10(7)8/h1-3,9,12H,4-5H2. The third kappa shape index (κ3) is 0.992. The molecule has 1 aliphatic carbocycles. The van der Waals surface area contributed by atoms with Gasteiger partial charge in [0, 0.05) is 6.42 Å². The van der Waals surface area contributed by atoms with Gasteiger partial charge in [-0.2, -0.15) is 5.26 Å². The third-order valence-electron chi connectivity index (χ3n) is 2.29. The fourth-order valence-electron chi connectivity index (χ4n) is 1.73. The van der Waals surface area contributed by atoms with Gasteiger partial charge in [0.15, 0.2) is 0 Å². The van der Waals surface area contributed by atoms with Crippen LogP contribution in [0.1, 0.15) is 16.7 Å². The smallest absolute Gasteiger partial charge is 0.0994 e. The first-order valence-electron chi connectivity index (χ1n) is 4.00. The van der Waals surface area contributed by atoms with Gasteiger partial charge in [0.2, 0.25) is 0 Å². The third-order valence-corrected chi connectivity index (χ3v) is 2.29. The number of aliphatic hydroxyl groups is 1. The van der Waals surface area contributed by atoms with Gasteiger partial charge in [-0.25, -0.2) is 0 Å². The van der Waals surface area contributed by atoms with E-state index >= 15 is 0 Å². The van der Waals surface area contributed by atoms with Crippen molar-refractivity contribution < 1.29 is 5.11 Å². The molecule has 2 heteroatoms. The molecule has 1 N–H and O–H groups in total. The minimum atomic E-state index is -0.283. The van der Waals surface area contributed by atoms with Crippen LogP contribution in [0.25, 0.3) is 0 Å². The highest BCUT2D eigenvalue weighted by atomic mass is 16.3. The lowest BCUT2D eigenvalue weighted by Gasteiger charge is -1.98. The van der Waals surface area contributed by atoms with E-state index in [0.717, 1.165) is 11.1 Å². The summed E-state index contributed by atoms with van der Waals surface area (Å²) in [6, 6.07) is 7.79. The second kappa shape index (κ2) is 2.62. The first-order chi connectivity index (χ1) is 5.81. The summed E-state index contributed by atoms with van der Waals surface area (Å²) in [5, 5.41) is 18.1. The number of hydrogen-bond donors (Lipinski definition) is 1. The van der Waals surface area contributed by atoms with Crippen molar-refractivity contribution in [3.63, 3.8) is 0 Å². The Morgan fingerprint density at radius 3 is 3.00 bits per heavy atom. The SMILES string of the molecule is N#Cc1cccc2c1CC(O)C2. The van der Waals surface area contributed by atoms with E-state index in [1.807, 2.05) is 12.1 Å². The summed E-state index contributed by atoms with van der Waals surface area (Å²) < 4.78 is 0.